The SMILES string of the molecule is CNCC1CCN(c2c([N+](=O)[O-])c(C)nn2C(C)C)C1. The molecule has 20 heavy (non-hydrogen) atoms. The fourth-order valence-corrected chi connectivity index (χ4v) is 2.88. The normalized spacial score (nSPS) is 19.1. The fourth-order valence-electron chi connectivity index (χ4n) is 2.88. The number of aromatic nitrogens is 2. The van der Waals surface area contributed by atoms with Crippen LogP contribution in [0.15, 0.2) is 0 Å². The van der Waals surface area contributed by atoms with Crippen molar-refractivity contribution in [3.8, 4) is 0 Å². The molecule has 7 nitrogen and oxygen atoms in total. The fraction of sp³-hybridized carbons (Fsp3) is 0.769. The third-order valence-corrected chi connectivity index (χ3v) is 3.78. The summed E-state index contributed by atoms with van der Waals surface area (Å²) in [7, 11) is 1.94. The molecule has 0 saturated carbocycles. The lowest BCUT2D eigenvalue weighted by Gasteiger charge is -2.20. The van der Waals surface area contributed by atoms with E-state index in [9.17, 15) is 10.1 Å². The van der Waals surface area contributed by atoms with Gasteiger partial charge in [0.15, 0.2) is 0 Å². The van der Waals surface area contributed by atoms with E-state index in [2.05, 4.69) is 15.3 Å². The molecule has 1 aliphatic rings. The third kappa shape index (κ3) is 2.63. The van der Waals surface area contributed by atoms with Crippen molar-refractivity contribution in [2.45, 2.75) is 33.2 Å². The summed E-state index contributed by atoms with van der Waals surface area (Å²) >= 11 is 0. The Morgan fingerprint density at radius 2 is 2.25 bits per heavy atom. The van der Waals surface area contributed by atoms with E-state index in [4.69, 9.17) is 0 Å². The summed E-state index contributed by atoms with van der Waals surface area (Å²) in [5.74, 6) is 1.21. The van der Waals surface area contributed by atoms with E-state index in [0.29, 0.717) is 17.4 Å². The topological polar surface area (TPSA) is 76.2 Å². The predicted octanol–water partition coefficient (Wildman–Crippen LogP) is 1.73. The summed E-state index contributed by atoms with van der Waals surface area (Å²) in [6.07, 6.45) is 1.06. The van der Waals surface area contributed by atoms with Crippen molar-refractivity contribution in [1.82, 2.24) is 15.1 Å². The second-order valence-electron chi connectivity index (χ2n) is 5.71. The molecule has 1 unspecified atom stereocenters. The Bertz CT molecular complexity index is 497. The van der Waals surface area contributed by atoms with Crippen LogP contribution in [0, 0.1) is 23.0 Å². The molecular formula is C13H23N5O2. The lowest BCUT2D eigenvalue weighted by molar-refractivity contribution is -0.384. The maximum atomic E-state index is 11.4. The highest BCUT2D eigenvalue weighted by molar-refractivity contribution is 5.62. The Kier molecular flexibility index (Phi) is 4.27. The van der Waals surface area contributed by atoms with Crippen molar-refractivity contribution in [3.05, 3.63) is 15.8 Å². The van der Waals surface area contributed by atoms with Crippen molar-refractivity contribution >= 4 is 11.5 Å². The molecule has 0 radical (unpaired) electrons. The number of hydrogen-bond donors (Lipinski definition) is 1. The van der Waals surface area contributed by atoms with E-state index in [0.717, 1.165) is 26.1 Å². The molecular weight excluding hydrogens is 258 g/mol. The van der Waals surface area contributed by atoms with Gasteiger partial charge in [-0.2, -0.15) is 5.10 Å². The first-order valence-corrected chi connectivity index (χ1v) is 7.08. The maximum Gasteiger partial charge on any atom is 0.333 e. The summed E-state index contributed by atoms with van der Waals surface area (Å²) in [6, 6.07) is 0.112. The van der Waals surface area contributed by atoms with E-state index in [1.54, 1.807) is 11.6 Å². The van der Waals surface area contributed by atoms with E-state index in [-0.39, 0.29) is 16.7 Å². The van der Waals surface area contributed by atoms with Gasteiger partial charge >= 0.3 is 5.69 Å². The molecule has 0 aliphatic carbocycles. The van der Waals surface area contributed by atoms with Crippen LogP contribution in [0.3, 0.4) is 0 Å². The molecule has 7 heteroatoms. The molecule has 1 fully saturated rings. The minimum absolute atomic E-state index is 0.112. The maximum absolute atomic E-state index is 11.4. The van der Waals surface area contributed by atoms with Crippen LogP contribution in [0.25, 0.3) is 0 Å². The highest BCUT2D eigenvalue weighted by Crippen LogP contribution is 2.36. The number of anilines is 1. The zero-order valence-corrected chi connectivity index (χ0v) is 12.6. The van der Waals surface area contributed by atoms with E-state index in [1.165, 1.54) is 0 Å². The molecule has 1 aromatic heterocycles. The number of rotatable bonds is 5. The Hall–Kier alpha value is -1.63. The first kappa shape index (κ1) is 14.8. The minimum atomic E-state index is -0.304. The Labute approximate surface area is 119 Å². The standard InChI is InChI=1S/C13H23N5O2/c1-9(2)17-13(12(18(19)20)10(3)15-17)16-6-5-11(8-16)7-14-4/h9,11,14H,5-8H2,1-4H3. The van der Waals surface area contributed by atoms with Crippen LogP contribution in [-0.4, -0.2) is 41.4 Å². The number of nitro groups is 1. The smallest absolute Gasteiger partial charge is 0.333 e. The van der Waals surface area contributed by atoms with Crippen molar-refractivity contribution in [2.24, 2.45) is 5.92 Å². The molecule has 0 aromatic carbocycles. The molecule has 0 amide bonds. The molecule has 112 valence electrons. The zero-order valence-electron chi connectivity index (χ0n) is 12.6. The van der Waals surface area contributed by atoms with Gasteiger partial charge in [-0.15, -0.1) is 0 Å². The highest BCUT2D eigenvalue weighted by Gasteiger charge is 2.34. The number of nitrogens with one attached hydrogen (secondary N) is 1. The third-order valence-electron chi connectivity index (χ3n) is 3.78. The zero-order chi connectivity index (χ0) is 14.9. The van der Waals surface area contributed by atoms with Crippen molar-refractivity contribution in [1.29, 1.82) is 0 Å². The first-order chi connectivity index (χ1) is 9.45. The first-order valence-electron chi connectivity index (χ1n) is 7.08. The van der Waals surface area contributed by atoms with Gasteiger partial charge in [-0.3, -0.25) is 10.1 Å². The minimum Gasteiger partial charge on any atom is -0.351 e. The van der Waals surface area contributed by atoms with Crippen molar-refractivity contribution < 1.29 is 4.92 Å². The summed E-state index contributed by atoms with van der Waals surface area (Å²) in [6.45, 7) is 8.35. The lowest BCUT2D eigenvalue weighted by atomic mass is 10.1. The van der Waals surface area contributed by atoms with Gasteiger partial charge in [0.05, 0.1) is 4.92 Å². The van der Waals surface area contributed by atoms with Gasteiger partial charge in [0.2, 0.25) is 5.82 Å². The van der Waals surface area contributed by atoms with Gasteiger partial charge in [-0.05, 0) is 46.7 Å². The monoisotopic (exact) mass is 281 g/mol. The van der Waals surface area contributed by atoms with Gasteiger partial charge in [0.25, 0.3) is 0 Å². The molecule has 0 spiro atoms. The van der Waals surface area contributed by atoms with Crippen LogP contribution in [0.2, 0.25) is 0 Å². The molecule has 2 rings (SSSR count). The van der Waals surface area contributed by atoms with E-state index in [1.807, 2.05) is 20.9 Å². The molecule has 1 aromatic rings. The summed E-state index contributed by atoms with van der Waals surface area (Å²) < 4.78 is 1.79. The van der Waals surface area contributed by atoms with Gasteiger partial charge in [-0.1, -0.05) is 0 Å². The highest BCUT2D eigenvalue weighted by atomic mass is 16.6. The molecule has 1 atom stereocenters. The van der Waals surface area contributed by atoms with Crippen LogP contribution in [0.5, 0.6) is 0 Å². The number of hydrogen-bond acceptors (Lipinski definition) is 5. The van der Waals surface area contributed by atoms with Gasteiger partial charge in [0.1, 0.15) is 5.69 Å². The summed E-state index contributed by atoms with van der Waals surface area (Å²) in [5, 5.41) is 18.9. The Morgan fingerprint density at radius 1 is 1.55 bits per heavy atom. The number of nitrogens with zero attached hydrogens (tertiary/aromatic N) is 4. The Balaban J connectivity index is 2.37. The Morgan fingerprint density at radius 3 is 2.80 bits per heavy atom. The number of aryl methyl sites for hydroxylation is 1. The molecule has 0 bridgehead atoms. The van der Waals surface area contributed by atoms with Crippen LogP contribution < -0.4 is 10.2 Å². The van der Waals surface area contributed by atoms with Crippen LogP contribution in [0.4, 0.5) is 11.5 Å². The average Bonchev–Trinajstić information content (AvgIpc) is 2.93. The summed E-state index contributed by atoms with van der Waals surface area (Å²) in [5.41, 5.74) is 0.652. The van der Waals surface area contributed by atoms with E-state index < -0.39 is 0 Å². The van der Waals surface area contributed by atoms with Gasteiger partial charge in [0, 0.05) is 19.1 Å². The predicted molar refractivity (Wildman–Crippen MR) is 78.3 cm³/mol. The van der Waals surface area contributed by atoms with E-state index >= 15 is 0 Å². The van der Waals surface area contributed by atoms with Crippen molar-refractivity contribution in [3.63, 3.8) is 0 Å². The van der Waals surface area contributed by atoms with Crippen LogP contribution in [-0.2, 0) is 0 Å². The summed E-state index contributed by atoms with van der Waals surface area (Å²) in [4.78, 5) is 13.2. The van der Waals surface area contributed by atoms with Gasteiger partial charge in [-0.25, -0.2) is 4.68 Å². The lowest BCUT2D eigenvalue weighted by Crippen LogP contribution is -2.27. The molecule has 2 heterocycles. The molecule has 1 N–H and O–H groups in total. The molecule has 1 aliphatic heterocycles. The second kappa shape index (κ2) is 5.78. The van der Waals surface area contributed by atoms with Crippen LogP contribution in [0.1, 0.15) is 32.0 Å². The second-order valence-corrected chi connectivity index (χ2v) is 5.71. The molecule has 1 saturated heterocycles. The van der Waals surface area contributed by atoms with Crippen LogP contribution >= 0.6 is 0 Å². The average molecular weight is 281 g/mol. The van der Waals surface area contributed by atoms with Crippen molar-refractivity contribution in [2.75, 3.05) is 31.6 Å². The largest absolute Gasteiger partial charge is 0.351 e. The van der Waals surface area contributed by atoms with Gasteiger partial charge < -0.3 is 10.2 Å². The quantitative estimate of drug-likeness (QED) is 0.657.